The lowest BCUT2D eigenvalue weighted by Crippen LogP contribution is -2.60. The Labute approximate surface area is 213 Å². The Morgan fingerprint density at radius 1 is 0.694 bits per heavy atom. The van der Waals surface area contributed by atoms with Gasteiger partial charge in [-0.3, -0.25) is 0 Å². The predicted molar refractivity (Wildman–Crippen MR) is 136 cm³/mol. The van der Waals surface area contributed by atoms with E-state index in [0.717, 1.165) is 16.7 Å². The molecule has 4 rings (SSSR count). The molecule has 5 atom stereocenters. The third-order valence-electron chi connectivity index (χ3n) is 5.94. The first-order valence-electron chi connectivity index (χ1n) is 12.5. The zero-order chi connectivity index (χ0) is 25.2. The van der Waals surface area contributed by atoms with E-state index in [1.54, 1.807) is 0 Å². The first kappa shape index (κ1) is 26.5. The summed E-state index contributed by atoms with van der Waals surface area (Å²) in [5, 5.41) is 0. The van der Waals surface area contributed by atoms with E-state index in [-0.39, 0.29) is 19.3 Å². The smallest absolute Gasteiger partial charge is 0.192 e. The largest absolute Gasteiger partial charge is 0.374 e. The highest BCUT2D eigenvalue weighted by molar-refractivity contribution is 5.15. The maximum atomic E-state index is 15.8. The molecule has 0 N–H and O–H groups in total. The van der Waals surface area contributed by atoms with Gasteiger partial charge in [0.2, 0.25) is 0 Å². The van der Waals surface area contributed by atoms with E-state index in [4.69, 9.17) is 23.7 Å². The minimum atomic E-state index is -1.53. The number of hydrogen-bond donors (Lipinski definition) is 0. The molecule has 0 aliphatic carbocycles. The SMILES string of the molecule is CC(C)O[C@H]1O[C@H](COCc2ccccc2)[C@H](OCc2ccccc2)[C@H](OCc2ccccc2)[C@H]1F. The van der Waals surface area contributed by atoms with Crippen LogP contribution in [0.1, 0.15) is 30.5 Å². The fourth-order valence-corrected chi connectivity index (χ4v) is 4.17. The molecular formula is C30H35FO5. The van der Waals surface area contributed by atoms with E-state index in [0.29, 0.717) is 13.2 Å². The number of ether oxygens (including phenoxy) is 5. The van der Waals surface area contributed by atoms with Crippen molar-refractivity contribution in [3.63, 3.8) is 0 Å². The van der Waals surface area contributed by atoms with Gasteiger partial charge in [-0.05, 0) is 30.5 Å². The maximum absolute atomic E-state index is 15.8. The van der Waals surface area contributed by atoms with Gasteiger partial charge in [0.05, 0.1) is 32.5 Å². The van der Waals surface area contributed by atoms with E-state index in [2.05, 4.69) is 0 Å². The number of alkyl halides is 1. The van der Waals surface area contributed by atoms with Crippen molar-refractivity contribution in [3.8, 4) is 0 Å². The van der Waals surface area contributed by atoms with Gasteiger partial charge in [0.25, 0.3) is 0 Å². The number of hydrogen-bond acceptors (Lipinski definition) is 5. The highest BCUT2D eigenvalue weighted by Crippen LogP contribution is 2.31. The zero-order valence-corrected chi connectivity index (χ0v) is 20.9. The van der Waals surface area contributed by atoms with Crippen LogP contribution >= 0.6 is 0 Å². The second-order valence-electron chi connectivity index (χ2n) is 9.20. The lowest BCUT2D eigenvalue weighted by atomic mass is 9.99. The van der Waals surface area contributed by atoms with Crippen LogP contribution in [0.2, 0.25) is 0 Å². The molecule has 1 heterocycles. The van der Waals surface area contributed by atoms with E-state index in [1.165, 1.54) is 0 Å². The van der Waals surface area contributed by atoms with Gasteiger partial charge in [-0.1, -0.05) is 91.0 Å². The Balaban J connectivity index is 1.52. The van der Waals surface area contributed by atoms with Crippen LogP contribution in [-0.2, 0) is 43.5 Å². The van der Waals surface area contributed by atoms with Crippen molar-refractivity contribution in [2.75, 3.05) is 6.61 Å². The molecule has 1 fully saturated rings. The summed E-state index contributed by atoms with van der Waals surface area (Å²) < 4.78 is 46.2. The fourth-order valence-electron chi connectivity index (χ4n) is 4.17. The molecule has 0 bridgehead atoms. The highest BCUT2D eigenvalue weighted by Gasteiger charge is 2.49. The number of benzene rings is 3. The molecule has 0 saturated carbocycles. The topological polar surface area (TPSA) is 46.2 Å². The molecule has 0 unspecified atom stereocenters. The second-order valence-corrected chi connectivity index (χ2v) is 9.20. The summed E-state index contributed by atoms with van der Waals surface area (Å²) in [6.07, 6.45) is -4.97. The third-order valence-corrected chi connectivity index (χ3v) is 5.94. The molecule has 0 radical (unpaired) electrons. The van der Waals surface area contributed by atoms with Crippen molar-refractivity contribution in [2.24, 2.45) is 0 Å². The van der Waals surface area contributed by atoms with Crippen LogP contribution in [0.15, 0.2) is 91.0 Å². The normalized spacial score (nSPS) is 24.2. The van der Waals surface area contributed by atoms with Gasteiger partial charge in [0, 0.05) is 0 Å². The van der Waals surface area contributed by atoms with Gasteiger partial charge in [-0.2, -0.15) is 0 Å². The lowest BCUT2D eigenvalue weighted by molar-refractivity contribution is -0.312. The molecule has 5 nitrogen and oxygen atoms in total. The first-order valence-corrected chi connectivity index (χ1v) is 12.5. The minimum Gasteiger partial charge on any atom is -0.374 e. The molecule has 1 aliphatic rings. The molecule has 0 spiro atoms. The molecular weight excluding hydrogens is 459 g/mol. The summed E-state index contributed by atoms with van der Waals surface area (Å²) in [6, 6.07) is 29.4. The quantitative estimate of drug-likeness (QED) is 0.316. The van der Waals surface area contributed by atoms with E-state index in [1.807, 2.05) is 105 Å². The average molecular weight is 495 g/mol. The molecule has 0 aromatic heterocycles. The molecule has 1 aliphatic heterocycles. The second kappa shape index (κ2) is 13.6. The van der Waals surface area contributed by atoms with Crippen LogP contribution < -0.4 is 0 Å². The first-order chi connectivity index (χ1) is 17.6. The third kappa shape index (κ3) is 7.69. The van der Waals surface area contributed by atoms with Crippen LogP contribution in [0, 0.1) is 0 Å². The van der Waals surface area contributed by atoms with Crippen LogP contribution in [0.5, 0.6) is 0 Å². The Kier molecular flexibility index (Phi) is 10.0. The Morgan fingerprint density at radius 2 is 1.17 bits per heavy atom. The predicted octanol–water partition coefficient (Wildman–Crippen LogP) is 5.86. The van der Waals surface area contributed by atoms with Crippen molar-refractivity contribution in [1.82, 2.24) is 0 Å². The van der Waals surface area contributed by atoms with E-state index < -0.39 is 30.8 Å². The Morgan fingerprint density at radius 3 is 1.67 bits per heavy atom. The molecule has 3 aromatic carbocycles. The van der Waals surface area contributed by atoms with Gasteiger partial charge in [0.15, 0.2) is 12.5 Å². The molecule has 192 valence electrons. The average Bonchev–Trinajstić information content (AvgIpc) is 2.90. The summed E-state index contributed by atoms with van der Waals surface area (Å²) in [4.78, 5) is 0. The summed E-state index contributed by atoms with van der Waals surface area (Å²) in [6.45, 7) is 4.89. The monoisotopic (exact) mass is 494 g/mol. The summed E-state index contributed by atoms with van der Waals surface area (Å²) in [5.74, 6) is 0. The minimum absolute atomic E-state index is 0.212. The van der Waals surface area contributed by atoms with Gasteiger partial charge in [-0.15, -0.1) is 0 Å². The van der Waals surface area contributed by atoms with Gasteiger partial charge >= 0.3 is 0 Å². The maximum Gasteiger partial charge on any atom is 0.192 e. The molecule has 36 heavy (non-hydrogen) atoms. The van der Waals surface area contributed by atoms with Crippen LogP contribution in [-0.4, -0.2) is 43.5 Å². The molecule has 0 amide bonds. The van der Waals surface area contributed by atoms with Gasteiger partial charge < -0.3 is 23.7 Å². The summed E-state index contributed by atoms with van der Waals surface area (Å²) in [5.41, 5.74) is 2.99. The van der Waals surface area contributed by atoms with Crippen molar-refractivity contribution in [3.05, 3.63) is 108 Å². The molecule has 3 aromatic rings. The standard InChI is InChI=1S/C30H35FO5/c1-22(2)35-30-27(31)29(34-20-25-16-10-5-11-17-25)28(33-19-24-14-8-4-9-15-24)26(36-30)21-32-18-23-12-6-3-7-13-23/h3-17,22,26-30H,18-21H2,1-2H3/t26-,27-,28+,29-,30+/m1/s1. The Hall–Kier alpha value is -2.61. The van der Waals surface area contributed by atoms with Crippen LogP contribution in [0.4, 0.5) is 4.39 Å². The van der Waals surface area contributed by atoms with E-state index >= 15 is 4.39 Å². The van der Waals surface area contributed by atoms with Crippen molar-refractivity contribution >= 4 is 0 Å². The summed E-state index contributed by atoms with van der Waals surface area (Å²) in [7, 11) is 0. The van der Waals surface area contributed by atoms with E-state index in [9.17, 15) is 0 Å². The van der Waals surface area contributed by atoms with Crippen molar-refractivity contribution in [1.29, 1.82) is 0 Å². The van der Waals surface area contributed by atoms with Crippen LogP contribution in [0.25, 0.3) is 0 Å². The highest BCUT2D eigenvalue weighted by atomic mass is 19.1. The van der Waals surface area contributed by atoms with Gasteiger partial charge in [-0.25, -0.2) is 4.39 Å². The summed E-state index contributed by atoms with van der Waals surface area (Å²) >= 11 is 0. The molecule has 1 saturated heterocycles. The zero-order valence-electron chi connectivity index (χ0n) is 20.9. The number of rotatable bonds is 12. The lowest BCUT2D eigenvalue weighted by Gasteiger charge is -2.43. The van der Waals surface area contributed by atoms with Crippen molar-refractivity contribution in [2.45, 2.75) is 70.5 Å². The van der Waals surface area contributed by atoms with Crippen molar-refractivity contribution < 1.29 is 28.1 Å². The number of halogens is 1. The van der Waals surface area contributed by atoms with Crippen LogP contribution in [0.3, 0.4) is 0 Å². The molecule has 6 heteroatoms. The Bertz CT molecular complexity index is 1000. The van der Waals surface area contributed by atoms with Gasteiger partial charge in [0.1, 0.15) is 18.3 Å². The fraction of sp³-hybridized carbons (Fsp3) is 0.400.